The molecule has 356 valence electrons. The molecule has 0 saturated heterocycles. The van der Waals surface area contributed by atoms with E-state index in [-0.39, 0.29) is 32.0 Å². The van der Waals surface area contributed by atoms with E-state index in [1.54, 1.807) is 0 Å². The van der Waals surface area contributed by atoms with Gasteiger partial charge in [0.25, 0.3) is 0 Å². The van der Waals surface area contributed by atoms with Crippen molar-refractivity contribution in [1.82, 2.24) is 0 Å². The minimum absolute atomic E-state index is 0.0260. The largest absolute Gasteiger partial charge is 0.472 e. The number of ether oxygens (including phenoxy) is 2. The van der Waals surface area contributed by atoms with E-state index in [1.807, 2.05) is 21.1 Å². The zero-order chi connectivity index (χ0) is 45.7. The maximum atomic E-state index is 12.7. The van der Waals surface area contributed by atoms with Crippen LogP contribution in [0, 0.1) is 0 Å². The fourth-order valence-corrected chi connectivity index (χ4v) is 6.91. The molecule has 0 spiro atoms. The normalized spacial score (nSPS) is 14.2. The lowest BCUT2D eigenvalue weighted by molar-refractivity contribution is -0.870. The van der Waals surface area contributed by atoms with Crippen LogP contribution >= 0.6 is 7.82 Å². The van der Waals surface area contributed by atoms with Gasteiger partial charge in [-0.15, -0.1) is 0 Å². The van der Waals surface area contributed by atoms with Gasteiger partial charge in [0.2, 0.25) is 0 Å². The summed E-state index contributed by atoms with van der Waals surface area (Å²) >= 11 is 0. The number of rotatable bonds is 43. The second-order valence-corrected chi connectivity index (χ2v) is 18.6. The Morgan fingerprint density at radius 2 is 0.919 bits per heavy atom. The van der Waals surface area contributed by atoms with E-state index < -0.39 is 26.5 Å². The number of hydrogen-bond acceptors (Lipinski definition) is 7. The molecule has 0 aliphatic rings. The van der Waals surface area contributed by atoms with Gasteiger partial charge in [0, 0.05) is 12.8 Å². The quantitative estimate of drug-likeness (QED) is 0.0212. The third kappa shape index (κ3) is 46.7. The number of unbranched alkanes of at least 4 members (excludes halogenated alkanes) is 15. The second-order valence-electron chi connectivity index (χ2n) is 17.1. The predicted octanol–water partition coefficient (Wildman–Crippen LogP) is 14.4. The zero-order valence-corrected chi connectivity index (χ0v) is 41.0. The molecule has 0 rings (SSSR count). The van der Waals surface area contributed by atoms with Gasteiger partial charge >= 0.3 is 19.8 Å². The van der Waals surface area contributed by atoms with Gasteiger partial charge in [0.1, 0.15) is 19.8 Å². The van der Waals surface area contributed by atoms with Crippen molar-refractivity contribution in [3.63, 3.8) is 0 Å². The van der Waals surface area contributed by atoms with Gasteiger partial charge in [-0.1, -0.05) is 182 Å². The van der Waals surface area contributed by atoms with Crippen molar-refractivity contribution in [2.24, 2.45) is 0 Å². The average molecular weight is 889 g/mol. The molecule has 0 aliphatic carbocycles. The molecule has 0 amide bonds. The number of quaternary nitrogens is 1. The highest BCUT2D eigenvalue weighted by atomic mass is 31.2. The van der Waals surface area contributed by atoms with Crippen molar-refractivity contribution in [3.05, 3.63) is 85.1 Å². The summed E-state index contributed by atoms with van der Waals surface area (Å²) in [6.07, 6.45) is 56.5. The van der Waals surface area contributed by atoms with Crippen molar-refractivity contribution in [2.75, 3.05) is 47.5 Å². The molecule has 0 aromatic carbocycles. The van der Waals surface area contributed by atoms with Crippen LogP contribution in [0.15, 0.2) is 85.1 Å². The minimum Gasteiger partial charge on any atom is -0.462 e. The fourth-order valence-electron chi connectivity index (χ4n) is 6.17. The molecule has 62 heavy (non-hydrogen) atoms. The van der Waals surface area contributed by atoms with Crippen LogP contribution in [-0.4, -0.2) is 74.9 Å². The summed E-state index contributed by atoms with van der Waals surface area (Å²) in [4.78, 5) is 35.3. The number of phosphoric ester groups is 1. The molecule has 0 bridgehead atoms. The molecule has 10 heteroatoms. The van der Waals surface area contributed by atoms with Gasteiger partial charge < -0.3 is 18.9 Å². The maximum Gasteiger partial charge on any atom is 0.472 e. The highest BCUT2D eigenvalue weighted by molar-refractivity contribution is 7.47. The summed E-state index contributed by atoms with van der Waals surface area (Å²) in [6.45, 7) is 4.26. The third-order valence-electron chi connectivity index (χ3n) is 9.94. The SMILES string of the molecule is CC/C=C\C/C=C\C/C=C\C/C=C\C/C=C\C/C=C\C/C=C\CCCCCCCCCC(=O)OC(COC(=O)CCCCCCCCCCC)COP(=O)(O)OCC[N+](C)(C)C. The summed E-state index contributed by atoms with van der Waals surface area (Å²) in [5.41, 5.74) is 0. The molecule has 9 nitrogen and oxygen atoms in total. The number of carbonyl (C=O) groups excluding carboxylic acids is 2. The van der Waals surface area contributed by atoms with Crippen LogP contribution in [0.3, 0.4) is 0 Å². The van der Waals surface area contributed by atoms with Crippen LogP contribution in [0.1, 0.15) is 181 Å². The van der Waals surface area contributed by atoms with E-state index in [0.717, 1.165) is 89.9 Å². The molecule has 0 aliphatic heterocycles. The highest BCUT2D eigenvalue weighted by Crippen LogP contribution is 2.43. The molecule has 2 atom stereocenters. The predicted molar refractivity (Wildman–Crippen MR) is 261 cm³/mol. The molecule has 0 fully saturated rings. The summed E-state index contributed by atoms with van der Waals surface area (Å²) < 4.78 is 34.3. The smallest absolute Gasteiger partial charge is 0.462 e. The number of likely N-dealkylation sites (N-methyl/N-ethyl adjacent to an activating group) is 1. The van der Waals surface area contributed by atoms with Crippen molar-refractivity contribution >= 4 is 19.8 Å². The molecule has 0 aromatic heterocycles. The lowest BCUT2D eigenvalue weighted by Gasteiger charge is -2.24. The van der Waals surface area contributed by atoms with Crippen LogP contribution in [0.25, 0.3) is 0 Å². The van der Waals surface area contributed by atoms with E-state index in [2.05, 4.69) is 98.9 Å². The van der Waals surface area contributed by atoms with E-state index in [0.29, 0.717) is 17.4 Å². The van der Waals surface area contributed by atoms with Crippen LogP contribution < -0.4 is 0 Å². The fraction of sp³-hybridized carbons (Fsp3) is 0.692. The van der Waals surface area contributed by atoms with Gasteiger partial charge in [0.15, 0.2) is 6.10 Å². The topological polar surface area (TPSA) is 108 Å². The van der Waals surface area contributed by atoms with Crippen molar-refractivity contribution in [1.29, 1.82) is 0 Å². The van der Waals surface area contributed by atoms with Crippen LogP contribution in [-0.2, 0) is 32.7 Å². The molecule has 1 N–H and O–H groups in total. The summed E-state index contributed by atoms with van der Waals surface area (Å²) in [6, 6.07) is 0. The number of carbonyl (C=O) groups is 2. The molecule has 0 heterocycles. The Kier molecular flexibility index (Phi) is 41.5. The Labute approximate surface area is 380 Å². The number of esters is 2. The molecular weight excluding hydrogens is 798 g/mol. The van der Waals surface area contributed by atoms with E-state index in [1.165, 1.54) is 57.8 Å². The van der Waals surface area contributed by atoms with Crippen molar-refractivity contribution in [2.45, 2.75) is 187 Å². The molecule has 0 aromatic rings. The molecule has 0 saturated carbocycles. The number of hydrogen-bond donors (Lipinski definition) is 1. The Balaban J connectivity index is 4.21. The van der Waals surface area contributed by atoms with E-state index in [9.17, 15) is 19.0 Å². The van der Waals surface area contributed by atoms with Gasteiger partial charge in [-0.3, -0.25) is 18.6 Å². The van der Waals surface area contributed by atoms with Crippen LogP contribution in [0.4, 0.5) is 0 Å². The Morgan fingerprint density at radius 3 is 1.37 bits per heavy atom. The zero-order valence-electron chi connectivity index (χ0n) is 40.1. The highest BCUT2D eigenvalue weighted by Gasteiger charge is 2.27. The number of allylic oxidation sites excluding steroid dienone is 14. The lowest BCUT2D eigenvalue weighted by atomic mass is 10.1. The third-order valence-corrected chi connectivity index (χ3v) is 10.9. The standard InChI is InChI=1S/C52H90NO8P/c1-6-8-10-12-14-16-17-18-19-20-21-22-23-24-25-26-27-28-29-30-31-32-33-34-35-37-39-41-43-45-52(55)61-50(49-60-62(56,57)59-47-46-53(3,4)5)48-58-51(54)44-42-40-38-36-15-13-11-9-7-2/h8,10,14,16,18-19,21-22,24-25,27-28,30-31,50H,6-7,9,11-13,15,17,20,23,26,29,32-49H2,1-5H3/p+1/b10-8-,16-14-,19-18-,22-21-,25-24-,28-27-,31-30-. The average Bonchev–Trinajstić information content (AvgIpc) is 3.23. The van der Waals surface area contributed by atoms with Gasteiger partial charge in [0.05, 0.1) is 27.7 Å². The van der Waals surface area contributed by atoms with Crippen molar-refractivity contribution < 1.29 is 42.1 Å². The summed E-state index contributed by atoms with van der Waals surface area (Å²) in [7, 11) is 1.46. The maximum absolute atomic E-state index is 12.7. The number of phosphoric acid groups is 1. The summed E-state index contributed by atoms with van der Waals surface area (Å²) in [5, 5.41) is 0. The molecule has 2 unspecified atom stereocenters. The second kappa shape index (κ2) is 43.4. The Morgan fingerprint density at radius 1 is 0.516 bits per heavy atom. The summed E-state index contributed by atoms with van der Waals surface area (Å²) in [5.74, 6) is -0.819. The lowest BCUT2D eigenvalue weighted by Crippen LogP contribution is -2.37. The van der Waals surface area contributed by atoms with Crippen LogP contribution in [0.5, 0.6) is 0 Å². The Hall–Kier alpha value is -2.81. The monoisotopic (exact) mass is 889 g/mol. The molecular formula is C52H91NO8P+. The van der Waals surface area contributed by atoms with Gasteiger partial charge in [-0.2, -0.15) is 0 Å². The van der Waals surface area contributed by atoms with Gasteiger partial charge in [-0.05, 0) is 70.6 Å². The van der Waals surface area contributed by atoms with Gasteiger partial charge in [-0.25, -0.2) is 4.57 Å². The first-order valence-corrected chi connectivity index (χ1v) is 25.8. The first-order valence-electron chi connectivity index (χ1n) is 24.3. The first-order chi connectivity index (χ1) is 30.0. The molecule has 0 radical (unpaired) electrons. The van der Waals surface area contributed by atoms with Crippen LogP contribution in [0.2, 0.25) is 0 Å². The van der Waals surface area contributed by atoms with E-state index >= 15 is 0 Å². The van der Waals surface area contributed by atoms with E-state index in [4.69, 9.17) is 18.5 Å². The Bertz CT molecular complexity index is 1330. The number of nitrogens with zero attached hydrogens (tertiary/aromatic N) is 1. The minimum atomic E-state index is -4.38. The first kappa shape index (κ1) is 59.2. The van der Waals surface area contributed by atoms with Crippen molar-refractivity contribution in [3.8, 4) is 0 Å².